The molecule has 1 N–H and O–H groups in total. The third-order valence-corrected chi connectivity index (χ3v) is 5.39. The Morgan fingerprint density at radius 2 is 1.63 bits per heavy atom. The van der Waals surface area contributed by atoms with Gasteiger partial charge in [0.15, 0.2) is 0 Å². The number of amides is 3. The van der Waals surface area contributed by atoms with Crippen LogP contribution in [-0.4, -0.2) is 40.7 Å². The molecule has 140 valence electrons. The third-order valence-electron chi connectivity index (χ3n) is 4.75. The van der Waals surface area contributed by atoms with Gasteiger partial charge >= 0.3 is 0 Å². The van der Waals surface area contributed by atoms with Crippen molar-refractivity contribution in [1.29, 1.82) is 0 Å². The zero-order valence-electron chi connectivity index (χ0n) is 15.4. The number of hydrogen-bond acceptors (Lipinski definition) is 4. The molecule has 3 rings (SSSR count). The molecular weight excluding hydrogens is 360 g/mol. The van der Waals surface area contributed by atoms with Crippen LogP contribution >= 0.6 is 11.8 Å². The number of benzene rings is 2. The quantitative estimate of drug-likeness (QED) is 0.748. The fourth-order valence-electron chi connectivity index (χ4n) is 3.21. The summed E-state index contributed by atoms with van der Waals surface area (Å²) in [6.45, 7) is 2.35. The van der Waals surface area contributed by atoms with Crippen LogP contribution in [0.3, 0.4) is 0 Å². The fraction of sp³-hybridized carbons (Fsp3) is 0.286. The number of hydrogen-bond donors (Lipinski definition) is 1. The molecule has 0 fully saturated rings. The second-order valence-electron chi connectivity index (χ2n) is 6.47. The van der Waals surface area contributed by atoms with Gasteiger partial charge in [0.2, 0.25) is 5.91 Å². The molecule has 3 amide bonds. The second kappa shape index (κ2) is 8.39. The summed E-state index contributed by atoms with van der Waals surface area (Å²) in [6, 6.07) is 13.7. The molecule has 0 saturated carbocycles. The summed E-state index contributed by atoms with van der Waals surface area (Å²) in [7, 11) is 0. The van der Waals surface area contributed by atoms with Crippen molar-refractivity contribution in [2.45, 2.75) is 25.9 Å². The van der Waals surface area contributed by atoms with E-state index in [1.54, 1.807) is 36.0 Å². The largest absolute Gasteiger partial charge is 0.350 e. The Morgan fingerprint density at radius 3 is 2.22 bits per heavy atom. The van der Waals surface area contributed by atoms with Crippen molar-refractivity contribution in [3.8, 4) is 0 Å². The summed E-state index contributed by atoms with van der Waals surface area (Å²) in [4.78, 5) is 39.5. The molecule has 1 atom stereocenters. The maximum absolute atomic E-state index is 12.9. The molecule has 1 aliphatic rings. The summed E-state index contributed by atoms with van der Waals surface area (Å²) in [6.07, 6.45) is 2.36. The van der Waals surface area contributed by atoms with E-state index < -0.39 is 17.9 Å². The standard InChI is InChI=1S/C21H22N2O3S/c1-14-7-3-4-8-15(14)13-22-19(24)18(11-12-27-2)23-20(25)16-9-5-6-10-17(16)21(23)26/h3-10,18H,11-13H2,1-2H3,(H,22,24)/t18-/m1/s1. The molecule has 1 aliphatic heterocycles. The number of rotatable bonds is 7. The van der Waals surface area contributed by atoms with Gasteiger partial charge in [-0.15, -0.1) is 0 Å². The van der Waals surface area contributed by atoms with E-state index in [0.717, 1.165) is 16.0 Å². The van der Waals surface area contributed by atoms with E-state index >= 15 is 0 Å². The Kier molecular flexibility index (Phi) is 5.96. The lowest BCUT2D eigenvalue weighted by atomic mass is 10.1. The van der Waals surface area contributed by atoms with Crippen LogP contribution in [0.5, 0.6) is 0 Å². The van der Waals surface area contributed by atoms with Gasteiger partial charge in [-0.1, -0.05) is 36.4 Å². The lowest BCUT2D eigenvalue weighted by Crippen LogP contribution is -2.49. The van der Waals surface area contributed by atoms with E-state index in [-0.39, 0.29) is 5.91 Å². The summed E-state index contributed by atoms with van der Waals surface area (Å²) in [5.74, 6) is -0.419. The van der Waals surface area contributed by atoms with Gasteiger partial charge in [0.05, 0.1) is 11.1 Å². The van der Waals surface area contributed by atoms with Crippen molar-refractivity contribution in [2.75, 3.05) is 12.0 Å². The van der Waals surface area contributed by atoms with Crippen molar-refractivity contribution < 1.29 is 14.4 Å². The van der Waals surface area contributed by atoms with Crippen LogP contribution in [0.25, 0.3) is 0 Å². The minimum atomic E-state index is -0.811. The van der Waals surface area contributed by atoms with Crippen LogP contribution in [0.15, 0.2) is 48.5 Å². The van der Waals surface area contributed by atoms with Gasteiger partial charge in [0, 0.05) is 6.54 Å². The first kappa shape index (κ1) is 19.2. The van der Waals surface area contributed by atoms with Crippen LogP contribution in [-0.2, 0) is 11.3 Å². The van der Waals surface area contributed by atoms with Crippen LogP contribution in [0.1, 0.15) is 38.3 Å². The number of carbonyl (C=O) groups excluding carboxylic acids is 3. The SMILES string of the molecule is CSCC[C@H](C(=O)NCc1ccccc1C)N1C(=O)c2ccccc2C1=O. The molecular formula is C21H22N2O3S. The summed E-state index contributed by atoms with van der Waals surface area (Å²) < 4.78 is 0. The van der Waals surface area contributed by atoms with Crippen LogP contribution in [0.2, 0.25) is 0 Å². The monoisotopic (exact) mass is 382 g/mol. The van der Waals surface area contributed by atoms with Gasteiger partial charge in [0.1, 0.15) is 6.04 Å². The first-order chi connectivity index (χ1) is 13.0. The Labute approximate surface area is 163 Å². The molecule has 0 saturated heterocycles. The van der Waals surface area contributed by atoms with Crippen molar-refractivity contribution in [2.24, 2.45) is 0 Å². The predicted octanol–water partition coefficient (Wildman–Crippen LogP) is 3.03. The molecule has 0 aromatic heterocycles. The van der Waals surface area contributed by atoms with Crippen molar-refractivity contribution in [3.63, 3.8) is 0 Å². The first-order valence-electron chi connectivity index (χ1n) is 8.82. The Balaban J connectivity index is 1.80. The van der Waals surface area contributed by atoms with Gasteiger partial charge in [-0.25, -0.2) is 0 Å². The predicted molar refractivity (Wildman–Crippen MR) is 107 cm³/mol. The average Bonchev–Trinajstić information content (AvgIpc) is 2.93. The number of thioether (sulfide) groups is 1. The van der Waals surface area contributed by atoms with Crippen LogP contribution in [0.4, 0.5) is 0 Å². The Hall–Kier alpha value is -2.60. The molecule has 2 aromatic carbocycles. The van der Waals surface area contributed by atoms with E-state index in [1.807, 2.05) is 37.4 Å². The van der Waals surface area contributed by atoms with E-state index in [1.165, 1.54) is 0 Å². The summed E-state index contributed by atoms with van der Waals surface area (Å²) >= 11 is 1.58. The molecule has 0 radical (unpaired) electrons. The zero-order chi connectivity index (χ0) is 19.4. The lowest BCUT2D eigenvalue weighted by molar-refractivity contribution is -0.125. The first-order valence-corrected chi connectivity index (χ1v) is 10.2. The molecule has 6 heteroatoms. The third kappa shape index (κ3) is 3.90. The summed E-state index contributed by atoms with van der Waals surface area (Å²) in [5, 5.41) is 2.90. The van der Waals surface area contributed by atoms with E-state index in [4.69, 9.17) is 0 Å². The topological polar surface area (TPSA) is 66.5 Å². The van der Waals surface area contributed by atoms with Crippen LogP contribution in [0, 0.1) is 6.92 Å². The number of nitrogens with zero attached hydrogens (tertiary/aromatic N) is 1. The van der Waals surface area contributed by atoms with Gasteiger partial charge in [0.25, 0.3) is 11.8 Å². The molecule has 0 bridgehead atoms. The van der Waals surface area contributed by atoms with E-state index in [2.05, 4.69) is 5.32 Å². The van der Waals surface area contributed by atoms with Crippen LogP contribution < -0.4 is 5.32 Å². The van der Waals surface area contributed by atoms with Gasteiger partial charge in [-0.2, -0.15) is 11.8 Å². The minimum Gasteiger partial charge on any atom is -0.350 e. The molecule has 2 aromatic rings. The number of nitrogens with one attached hydrogen (secondary N) is 1. The van der Waals surface area contributed by atoms with Gasteiger partial charge < -0.3 is 5.32 Å². The highest BCUT2D eigenvalue weighted by atomic mass is 32.2. The maximum Gasteiger partial charge on any atom is 0.262 e. The number of aryl methyl sites for hydroxylation is 1. The second-order valence-corrected chi connectivity index (χ2v) is 7.45. The molecule has 0 spiro atoms. The number of fused-ring (bicyclic) bond motifs is 1. The average molecular weight is 382 g/mol. The maximum atomic E-state index is 12.9. The Morgan fingerprint density at radius 1 is 1.04 bits per heavy atom. The molecule has 27 heavy (non-hydrogen) atoms. The van der Waals surface area contributed by atoms with Crippen molar-refractivity contribution in [1.82, 2.24) is 10.2 Å². The smallest absolute Gasteiger partial charge is 0.262 e. The van der Waals surface area contributed by atoms with Gasteiger partial charge in [-0.3, -0.25) is 19.3 Å². The highest BCUT2D eigenvalue weighted by Gasteiger charge is 2.42. The highest BCUT2D eigenvalue weighted by Crippen LogP contribution is 2.26. The van der Waals surface area contributed by atoms with Gasteiger partial charge in [-0.05, 0) is 48.6 Å². The van der Waals surface area contributed by atoms with Crippen molar-refractivity contribution in [3.05, 3.63) is 70.8 Å². The van der Waals surface area contributed by atoms with E-state index in [0.29, 0.717) is 29.8 Å². The highest BCUT2D eigenvalue weighted by molar-refractivity contribution is 7.98. The Bertz CT molecular complexity index is 846. The fourth-order valence-corrected chi connectivity index (χ4v) is 3.67. The molecule has 1 heterocycles. The molecule has 5 nitrogen and oxygen atoms in total. The minimum absolute atomic E-state index is 0.304. The van der Waals surface area contributed by atoms with Crippen molar-refractivity contribution >= 4 is 29.5 Å². The number of carbonyl (C=O) groups is 3. The molecule has 0 unspecified atom stereocenters. The van der Waals surface area contributed by atoms with E-state index in [9.17, 15) is 14.4 Å². The number of imide groups is 1. The summed E-state index contributed by atoms with van der Waals surface area (Å²) in [5.41, 5.74) is 2.82. The lowest BCUT2D eigenvalue weighted by Gasteiger charge is -2.25. The zero-order valence-corrected chi connectivity index (χ0v) is 16.2. The molecule has 0 aliphatic carbocycles. The normalized spacial score (nSPS) is 14.2.